The molecule has 3 rings (SSSR count). The Balaban J connectivity index is 1.55. The van der Waals surface area contributed by atoms with Gasteiger partial charge in [-0.25, -0.2) is 5.43 Å². The Hall–Kier alpha value is -3.12. The van der Waals surface area contributed by atoms with Crippen molar-refractivity contribution in [2.24, 2.45) is 5.10 Å². The van der Waals surface area contributed by atoms with E-state index in [0.29, 0.717) is 12.4 Å². The van der Waals surface area contributed by atoms with Gasteiger partial charge in [0.15, 0.2) is 0 Å². The van der Waals surface area contributed by atoms with E-state index < -0.39 is 0 Å². The minimum absolute atomic E-state index is 0.135. The molecule has 0 saturated carbocycles. The smallest absolute Gasteiger partial charge is 0.259 e. The molecule has 6 heteroatoms. The fourth-order valence-corrected chi connectivity index (χ4v) is 2.93. The highest BCUT2D eigenvalue weighted by molar-refractivity contribution is 9.10. The third-order valence-corrected chi connectivity index (χ3v) is 4.60. The van der Waals surface area contributed by atoms with Gasteiger partial charge in [-0.3, -0.25) is 4.79 Å². The van der Waals surface area contributed by atoms with E-state index in [-0.39, 0.29) is 12.5 Å². The molecule has 0 heterocycles. The summed E-state index contributed by atoms with van der Waals surface area (Å²) >= 11 is 3.45. The third kappa shape index (κ3) is 6.76. The number of amides is 1. The molecule has 3 aromatic carbocycles. The van der Waals surface area contributed by atoms with E-state index in [9.17, 15) is 4.79 Å². The second kappa shape index (κ2) is 10.4. The van der Waals surface area contributed by atoms with E-state index >= 15 is 0 Å². The van der Waals surface area contributed by atoms with Crippen molar-refractivity contribution in [3.63, 3.8) is 0 Å². The van der Waals surface area contributed by atoms with Gasteiger partial charge in [-0.05, 0) is 42.8 Å². The van der Waals surface area contributed by atoms with Gasteiger partial charge in [0.05, 0.1) is 12.8 Å². The maximum absolute atomic E-state index is 12.0. The molecule has 0 aliphatic heterocycles. The van der Waals surface area contributed by atoms with Crippen LogP contribution in [0.15, 0.2) is 82.4 Å². The molecule has 0 bridgehead atoms. The highest BCUT2D eigenvalue weighted by Crippen LogP contribution is 2.22. The fourth-order valence-electron chi connectivity index (χ4n) is 2.55. The number of hydrogen-bond donors (Lipinski definition) is 2. The van der Waals surface area contributed by atoms with Gasteiger partial charge in [-0.2, -0.15) is 5.10 Å². The highest BCUT2D eigenvalue weighted by atomic mass is 79.9. The Kier molecular flexibility index (Phi) is 7.41. The molecule has 3 aromatic rings. The standard InChI is InChI=1S/C23H22BrN3O2/c1-17-7-10-21(11-8-17)25-15-23(28)27-26-14-19-13-20(24)9-12-22(19)29-16-18-5-3-2-4-6-18/h2-14,25H,15-16H2,1H3,(H,27,28)/b26-14-. The molecular weight excluding hydrogens is 430 g/mol. The minimum atomic E-state index is -0.233. The molecule has 29 heavy (non-hydrogen) atoms. The second-order valence-corrected chi connectivity index (χ2v) is 7.38. The lowest BCUT2D eigenvalue weighted by atomic mass is 10.2. The van der Waals surface area contributed by atoms with Crippen molar-refractivity contribution in [3.05, 3.63) is 94.0 Å². The van der Waals surface area contributed by atoms with E-state index in [0.717, 1.165) is 21.3 Å². The molecule has 0 aliphatic carbocycles. The molecule has 148 valence electrons. The number of carbonyl (C=O) groups is 1. The number of hydrazone groups is 1. The van der Waals surface area contributed by atoms with Gasteiger partial charge in [-0.1, -0.05) is 64.0 Å². The molecule has 1 amide bonds. The Morgan fingerprint density at radius 2 is 1.83 bits per heavy atom. The van der Waals surface area contributed by atoms with E-state index in [2.05, 4.69) is 31.8 Å². The number of aryl methyl sites for hydroxylation is 1. The summed E-state index contributed by atoms with van der Waals surface area (Å²) in [7, 11) is 0. The summed E-state index contributed by atoms with van der Waals surface area (Å²) in [6, 6.07) is 23.4. The van der Waals surface area contributed by atoms with Crippen LogP contribution in [0.2, 0.25) is 0 Å². The SMILES string of the molecule is Cc1ccc(NCC(=O)N/N=C\c2cc(Br)ccc2OCc2ccccc2)cc1. The van der Waals surface area contributed by atoms with Crippen molar-refractivity contribution in [1.29, 1.82) is 0 Å². The normalized spacial score (nSPS) is 10.7. The molecule has 0 saturated heterocycles. The van der Waals surface area contributed by atoms with Crippen molar-refractivity contribution in [3.8, 4) is 5.75 Å². The minimum Gasteiger partial charge on any atom is -0.488 e. The van der Waals surface area contributed by atoms with Crippen LogP contribution in [0.3, 0.4) is 0 Å². The first-order valence-corrected chi connectivity index (χ1v) is 9.98. The lowest BCUT2D eigenvalue weighted by molar-refractivity contribution is -0.119. The zero-order valence-corrected chi connectivity index (χ0v) is 17.6. The quantitative estimate of drug-likeness (QED) is 0.378. The average Bonchev–Trinajstić information content (AvgIpc) is 2.73. The summed E-state index contributed by atoms with van der Waals surface area (Å²) in [6.07, 6.45) is 1.58. The molecule has 5 nitrogen and oxygen atoms in total. The van der Waals surface area contributed by atoms with Crippen molar-refractivity contribution >= 4 is 33.7 Å². The van der Waals surface area contributed by atoms with E-state index in [4.69, 9.17) is 4.74 Å². The van der Waals surface area contributed by atoms with Crippen LogP contribution in [-0.2, 0) is 11.4 Å². The van der Waals surface area contributed by atoms with E-state index in [1.54, 1.807) is 6.21 Å². The number of rotatable bonds is 8. The molecule has 0 aromatic heterocycles. The summed E-state index contributed by atoms with van der Waals surface area (Å²) in [5.74, 6) is 0.455. The molecule has 2 N–H and O–H groups in total. The number of ether oxygens (including phenoxy) is 1. The van der Waals surface area contributed by atoms with Gasteiger partial charge in [0.2, 0.25) is 0 Å². The average molecular weight is 452 g/mol. The first-order valence-electron chi connectivity index (χ1n) is 9.19. The number of halogens is 1. The number of hydrogen-bond acceptors (Lipinski definition) is 4. The van der Waals surface area contributed by atoms with Gasteiger partial charge in [-0.15, -0.1) is 0 Å². The second-order valence-electron chi connectivity index (χ2n) is 6.47. The lowest BCUT2D eigenvalue weighted by Gasteiger charge is -2.10. The van der Waals surface area contributed by atoms with Crippen LogP contribution in [0, 0.1) is 6.92 Å². The van der Waals surface area contributed by atoms with Crippen LogP contribution in [0.5, 0.6) is 5.75 Å². The number of nitrogens with one attached hydrogen (secondary N) is 2. The van der Waals surface area contributed by atoms with Crippen LogP contribution in [0.4, 0.5) is 5.69 Å². The Morgan fingerprint density at radius 3 is 2.59 bits per heavy atom. The lowest BCUT2D eigenvalue weighted by Crippen LogP contribution is -2.25. The maximum atomic E-state index is 12.0. The van der Waals surface area contributed by atoms with Crippen molar-refractivity contribution in [2.45, 2.75) is 13.5 Å². The number of benzene rings is 3. The molecule has 0 atom stereocenters. The zero-order valence-electron chi connectivity index (χ0n) is 16.1. The van der Waals surface area contributed by atoms with Crippen molar-refractivity contribution in [1.82, 2.24) is 5.43 Å². The summed E-state index contributed by atoms with van der Waals surface area (Å²) in [5.41, 5.74) is 6.43. The fraction of sp³-hybridized carbons (Fsp3) is 0.130. The predicted molar refractivity (Wildman–Crippen MR) is 120 cm³/mol. The Bertz CT molecular complexity index is 973. The highest BCUT2D eigenvalue weighted by Gasteiger charge is 2.04. The van der Waals surface area contributed by atoms with Crippen molar-refractivity contribution in [2.75, 3.05) is 11.9 Å². The van der Waals surface area contributed by atoms with Crippen LogP contribution >= 0.6 is 15.9 Å². The Labute approximate surface area is 178 Å². The first kappa shape index (κ1) is 20.6. The molecule has 0 spiro atoms. The van der Waals surface area contributed by atoms with Gasteiger partial charge in [0.1, 0.15) is 12.4 Å². The third-order valence-electron chi connectivity index (χ3n) is 4.11. The van der Waals surface area contributed by atoms with Gasteiger partial charge >= 0.3 is 0 Å². The summed E-state index contributed by atoms with van der Waals surface area (Å²) in [6.45, 7) is 2.61. The van der Waals surface area contributed by atoms with Gasteiger partial charge in [0.25, 0.3) is 5.91 Å². The van der Waals surface area contributed by atoms with Crippen LogP contribution in [0.25, 0.3) is 0 Å². The maximum Gasteiger partial charge on any atom is 0.259 e. The summed E-state index contributed by atoms with van der Waals surface area (Å²) < 4.78 is 6.81. The largest absolute Gasteiger partial charge is 0.488 e. The molecule has 0 radical (unpaired) electrons. The van der Waals surface area contributed by atoms with E-state index in [1.165, 1.54) is 5.56 Å². The molecule has 0 unspecified atom stereocenters. The summed E-state index contributed by atoms with van der Waals surface area (Å²) in [5, 5.41) is 7.12. The van der Waals surface area contributed by atoms with E-state index in [1.807, 2.05) is 79.7 Å². The number of nitrogens with zero attached hydrogens (tertiary/aromatic N) is 1. The zero-order chi connectivity index (χ0) is 20.5. The Morgan fingerprint density at radius 1 is 1.07 bits per heavy atom. The number of carbonyl (C=O) groups excluding carboxylic acids is 1. The van der Waals surface area contributed by atoms with Crippen molar-refractivity contribution < 1.29 is 9.53 Å². The molecule has 0 aliphatic rings. The summed E-state index contributed by atoms with van der Waals surface area (Å²) in [4.78, 5) is 12.0. The monoisotopic (exact) mass is 451 g/mol. The topological polar surface area (TPSA) is 62.7 Å². The predicted octanol–water partition coefficient (Wildman–Crippen LogP) is 4.90. The van der Waals surface area contributed by atoms with Gasteiger partial charge in [0, 0.05) is 15.7 Å². The van der Waals surface area contributed by atoms with Crippen LogP contribution < -0.4 is 15.5 Å². The number of anilines is 1. The molecular formula is C23H22BrN3O2. The first-order chi connectivity index (χ1) is 14.1. The van der Waals surface area contributed by atoms with Crippen LogP contribution in [0.1, 0.15) is 16.7 Å². The molecule has 0 fully saturated rings. The van der Waals surface area contributed by atoms with Crippen LogP contribution in [-0.4, -0.2) is 18.7 Å². The van der Waals surface area contributed by atoms with Gasteiger partial charge < -0.3 is 10.1 Å².